The van der Waals surface area contributed by atoms with Gasteiger partial charge in [0.1, 0.15) is 0 Å². The molecule has 0 aromatic heterocycles. The monoisotopic (exact) mass is 194 g/mol. The Morgan fingerprint density at radius 2 is 2.33 bits per heavy atom. The molecule has 0 aromatic carbocycles. The van der Waals surface area contributed by atoms with Gasteiger partial charge >= 0.3 is 0 Å². The number of halogens is 1. The Bertz CT molecular complexity index is 55.0. The molecule has 0 unspecified atom stereocenters. The lowest BCUT2D eigenvalue weighted by Gasteiger charge is -1.68. The molecule has 0 aliphatic carbocycles. The van der Waals surface area contributed by atoms with Gasteiger partial charge in [-0.15, -0.1) is 6.58 Å². The zero-order chi connectivity index (χ0) is 4.83. The lowest BCUT2D eigenvalue weighted by Crippen LogP contribution is -1.46. The van der Waals surface area contributed by atoms with Crippen LogP contribution in [0.5, 0.6) is 0 Å². The molecule has 0 heterocycles. The molecule has 0 aliphatic heterocycles. The normalized spacial score (nSPS) is 9.50. The number of allylic oxidation sites excluding steroid dienone is 2. The van der Waals surface area contributed by atoms with Crippen molar-refractivity contribution in [2.24, 2.45) is 0 Å². The third kappa shape index (κ3) is 4.21. The molecule has 1 heteroatoms. The molecular formula is C5H7I. The van der Waals surface area contributed by atoms with E-state index in [1.54, 1.807) is 0 Å². The van der Waals surface area contributed by atoms with Crippen molar-refractivity contribution in [1.29, 1.82) is 0 Å². The van der Waals surface area contributed by atoms with Gasteiger partial charge in [0.25, 0.3) is 0 Å². The predicted octanol–water partition coefficient (Wildman–Crippen LogP) is 2.51. The summed E-state index contributed by atoms with van der Waals surface area (Å²) in [5.41, 5.74) is 0. The molecule has 0 spiro atoms. The molecule has 6 heavy (non-hydrogen) atoms. The van der Waals surface area contributed by atoms with E-state index in [0.717, 1.165) is 6.42 Å². The first-order chi connectivity index (χ1) is 2.91. The van der Waals surface area contributed by atoms with Crippen molar-refractivity contribution in [2.75, 3.05) is 0 Å². The predicted molar refractivity (Wildman–Crippen MR) is 38.0 cm³/mol. The smallest absolute Gasteiger partial charge is 0.0164 e. The molecule has 0 aliphatic rings. The summed E-state index contributed by atoms with van der Waals surface area (Å²) in [6.45, 7) is 3.54. The van der Waals surface area contributed by atoms with Crippen LogP contribution >= 0.6 is 22.6 Å². The second kappa shape index (κ2) is 5.21. The highest BCUT2D eigenvalue weighted by Gasteiger charge is 1.58. The van der Waals surface area contributed by atoms with Crippen LogP contribution < -0.4 is 0 Å². The fourth-order valence-corrected chi connectivity index (χ4v) is 0.441. The van der Waals surface area contributed by atoms with Crippen molar-refractivity contribution in [2.45, 2.75) is 6.42 Å². The fourth-order valence-electron chi connectivity index (χ4n) is 0.148. The van der Waals surface area contributed by atoms with Gasteiger partial charge in [0, 0.05) is 0 Å². The number of hydrogen-bond donors (Lipinski definition) is 0. The van der Waals surface area contributed by atoms with E-state index in [4.69, 9.17) is 0 Å². The van der Waals surface area contributed by atoms with Crippen LogP contribution in [0.1, 0.15) is 6.42 Å². The van der Waals surface area contributed by atoms with E-state index in [0.29, 0.717) is 0 Å². The second-order valence-electron chi connectivity index (χ2n) is 0.886. The quantitative estimate of drug-likeness (QED) is 0.468. The van der Waals surface area contributed by atoms with Crippen LogP contribution in [0.3, 0.4) is 0 Å². The van der Waals surface area contributed by atoms with Gasteiger partial charge in [0.2, 0.25) is 0 Å². The Labute approximate surface area is 52.1 Å². The molecular weight excluding hydrogens is 187 g/mol. The molecule has 0 atom stereocenters. The molecule has 0 rings (SSSR count). The van der Waals surface area contributed by atoms with Crippen molar-refractivity contribution < 1.29 is 0 Å². The van der Waals surface area contributed by atoms with Gasteiger partial charge in [0.15, 0.2) is 0 Å². The third-order valence-corrected chi connectivity index (χ3v) is 0.900. The van der Waals surface area contributed by atoms with Crippen LogP contribution in [0, 0.1) is 0 Å². The minimum absolute atomic E-state index is 0.989. The summed E-state index contributed by atoms with van der Waals surface area (Å²) in [5, 5.41) is 0. The van der Waals surface area contributed by atoms with Crippen molar-refractivity contribution in [3.63, 3.8) is 0 Å². The Morgan fingerprint density at radius 3 is 2.50 bits per heavy atom. The first-order valence-electron chi connectivity index (χ1n) is 1.78. The zero-order valence-corrected chi connectivity index (χ0v) is 5.68. The van der Waals surface area contributed by atoms with Crippen LogP contribution in [0.4, 0.5) is 0 Å². The Hall–Kier alpha value is 0.210. The number of rotatable bonds is 2. The van der Waals surface area contributed by atoms with Crippen molar-refractivity contribution >= 4 is 22.6 Å². The molecule has 0 aromatic rings. The average molecular weight is 194 g/mol. The summed E-state index contributed by atoms with van der Waals surface area (Å²) in [4.78, 5) is 0. The summed E-state index contributed by atoms with van der Waals surface area (Å²) in [5.74, 6) is 0. The maximum atomic E-state index is 3.54. The molecule has 0 saturated heterocycles. The van der Waals surface area contributed by atoms with Gasteiger partial charge in [0.05, 0.1) is 0 Å². The van der Waals surface area contributed by atoms with Gasteiger partial charge < -0.3 is 0 Å². The molecule has 0 amide bonds. The standard InChI is InChI=1S/C5H7I/c1-2-3-4-5-6/h2,4-5H,1,3H2/b5-4+. The zero-order valence-electron chi connectivity index (χ0n) is 3.52. The van der Waals surface area contributed by atoms with E-state index < -0.39 is 0 Å². The molecule has 0 fully saturated rings. The van der Waals surface area contributed by atoms with Crippen molar-refractivity contribution in [1.82, 2.24) is 0 Å². The first-order valence-corrected chi connectivity index (χ1v) is 3.02. The van der Waals surface area contributed by atoms with Crippen molar-refractivity contribution in [3.8, 4) is 0 Å². The van der Waals surface area contributed by atoms with Crippen LogP contribution in [0.15, 0.2) is 22.8 Å². The lowest BCUT2D eigenvalue weighted by molar-refractivity contribution is 1.42. The number of hydrogen-bond acceptors (Lipinski definition) is 0. The van der Waals surface area contributed by atoms with E-state index in [1.165, 1.54) is 0 Å². The molecule has 0 bridgehead atoms. The third-order valence-electron chi connectivity index (χ3n) is 0.392. The first kappa shape index (κ1) is 6.21. The lowest BCUT2D eigenvalue weighted by atomic mass is 10.4. The topological polar surface area (TPSA) is 0 Å². The second-order valence-corrected chi connectivity index (χ2v) is 1.61. The molecule has 0 N–H and O–H groups in total. The van der Waals surface area contributed by atoms with Gasteiger partial charge in [-0.05, 0) is 10.5 Å². The van der Waals surface area contributed by atoms with Crippen LogP contribution in [-0.4, -0.2) is 0 Å². The van der Waals surface area contributed by atoms with Crippen LogP contribution in [-0.2, 0) is 0 Å². The van der Waals surface area contributed by atoms with E-state index in [1.807, 2.05) is 16.2 Å². The highest BCUT2D eigenvalue weighted by Crippen LogP contribution is 1.87. The van der Waals surface area contributed by atoms with Crippen molar-refractivity contribution in [3.05, 3.63) is 22.8 Å². The summed E-state index contributed by atoms with van der Waals surface area (Å²) in [6, 6.07) is 0. The summed E-state index contributed by atoms with van der Waals surface area (Å²) >= 11 is 2.18. The molecule has 0 nitrogen and oxygen atoms in total. The fraction of sp³-hybridized carbons (Fsp3) is 0.200. The maximum absolute atomic E-state index is 3.54. The molecule has 0 saturated carbocycles. The van der Waals surface area contributed by atoms with Gasteiger partial charge in [-0.3, -0.25) is 0 Å². The van der Waals surface area contributed by atoms with Gasteiger partial charge in [-0.1, -0.05) is 34.7 Å². The average Bonchev–Trinajstić information content (AvgIpc) is 1.61. The van der Waals surface area contributed by atoms with Gasteiger partial charge in [-0.2, -0.15) is 0 Å². The van der Waals surface area contributed by atoms with Crippen LogP contribution in [0.25, 0.3) is 0 Å². The minimum atomic E-state index is 0.989. The highest BCUT2D eigenvalue weighted by atomic mass is 127. The highest BCUT2D eigenvalue weighted by molar-refractivity contribution is 14.1. The van der Waals surface area contributed by atoms with E-state index in [-0.39, 0.29) is 0 Å². The van der Waals surface area contributed by atoms with E-state index >= 15 is 0 Å². The summed E-state index contributed by atoms with van der Waals surface area (Å²) in [7, 11) is 0. The molecule has 0 radical (unpaired) electrons. The Kier molecular flexibility index (Phi) is 5.39. The summed E-state index contributed by atoms with van der Waals surface area (Å²) < 4.78 is 1.99. The van der Waals surface area contributed by atoms with Crippen LogP contribution in [0.2, 0.25) is 0 Å². The summed E-state index contributed by atoms with van der Waals surface area (Å²) in [6.07, 6.45) is 4.91. The molecule has 34 valence electrons. The Morgan fingerprint density at radius 1 is 1.67 bits per heavy atom. The minimum Gasteiger partial charge on any atom is -0.103 e. The Balaban J connectivity index is 2.85. The largest absolute Gasteiger partial charge is 0.103 e. The van der Waals surface area contributed by atoms with E-state index in [9.17, 15) is 0 Å². The SMILES string of the molecule is C=CC/C=C/I. The maximum Gasteiger partial charge on any atom is -0.0164 e. The van der Waals surface area contributed by atoms with E-state index in [2.05, 4.69) is 29.2 Å². The van der Waals surface area contributed by atoms with Gasteiger partial charge in [-0.25, -0.2) is 0 Å².